The lowest BCUT2D eigenvalue weighted by atomic mass is 10.1. The van der Waals surface area contributed by atoms with Gasteiger partial charge in [-0.05, 0) is 42.5 Å². The fourth-order valence-electron chi connectivity index (χ4n) is 2.31. The van der Waals surface area contributed by atoms with E-state index < -0.39 is 0 Å². The minimum absolute atomic E-state index is 0.366. The third kappa shape index (κ3) is 3.68. The van der Waals surface area contributed by atoms with Crippen LogP contribution in [0.2, 0.25) is 5.02 Å². The van der Waals surface area contributed by atoms with Crippen LogP contribution in [0.5, 0.6) is 0 Å². The maximum absolute atomic E-state index is 13.1. The van der Waals surface area contributed by atoms with Gasteiger partial charge < -0.3 is 4.90 Å². The van der Waals surface area contributed by atoms with Gasteiger partial charge in [-0.2, -0.15) is 0 Å². The van der Waals surface area contributed by atoms with Gasteiger partial charge in [-0.25, -0.2) is 4.39 Å². The number of amidine groups is 1. The predicted octanol–water partition coefficient (Wildman–Crippen LogP) is 3.71. The lowest BCUT2D eigenvalue weighted by molar-refractivity contribution is -0.106. The topological polar surface area (TPSA) is 35.9 Å². The number of halogens is 2. The Morgan fingerprint density at radius 1 is 1.17 bits per heavy atom. The molecule has 0 unspecified atom stereocenters. The summed E-state index contributed by atoms with van der Waals surface area (Å²) in [6.07, 6.45) is 0.672. The van der Waals surface area contributed by atoms with Gasteiger partial charge in [0.2, 0.25) is 6.41 Å². The van der Waals surface area contributed by atoms with Crippen LogP contribution in [-0.2, 0) is 4.79 Å². The zero-order chi connectivity index (χ0) is 17.0. The molecule has 0 radical (unpaired) electrons. The Hall–Kier alpha value is -2.40. The van der Waals surface area contributed by atoms with Crippen molar-refractivity contribution in [2.24, 2.45) is 4.99 Å². The number of anilines is 2. The number of benzene rings is 2. The van der Waals surface area contributed by atoms with Crippen LogP contribution in [0, 0.1) is 5.82 Å². The van der Waals surface area contributed by atoms with E-state index in [4.69, 9.17) is 11.6 Å². The Labute approximate surface area is 139 Å². The highest BCUT2D eigenvalue weighted by atomic mass is 35.5. The lowest BCUT2D eigenvalue weighted by Gasteiger charge is -2.24. The van der Waals surface area contributed by atoms with E-state index in [0.29, 0.717) is 28.6 Å². The predicted molar refractivity (Wildman–Crippen MR) is 92.2 cm³/mol. The van der Waals surface area contributed by atoms with E-state index >= 15 is 0 Å². The number of amides is 1. The van der Waals surface area contributed by atoms with Crippen molar-refractivity contribution >= 4 is 35.2 Å². The van der Waals surface area contributed by atoms with Gasteiger partial charge in [-0.1, -0.05) is 11.6 Å². The Kier molecular flexibility index (Phi) is 5.34. The number of hydrogen-bond donors (Lipinski definition) is 0. The molecule has 0 fully saturated rings. The maximum atomic E-state index is 13.1. The van der Waals surface area contributed by atoms with Crippen LogP contribution in [0.4, 0.5) is 15.8 Å². The summed E-state index contributed by atoms with van der Waals surface area (Å²) in [4.78, 5) is 19.2. The highest BCUT2D eigenvalue weighted by Gasteiger charge is 2.18. The SMILES string of the molecule is C/N=C(\c1ccc(Cl)cc1N(C=O)c1ccc(F)cc1)N(C)C. The van der Waals surface area contributed by atoms with E-state index in [1.54, 1.807) is 25.2 Å². The van der Waals surface area contributed by atoms with Crippen molar-refractivity contribution in [2.75, 3.05) is 26.0 Å². The normalized spacial score (nSPS) is 11.3. The first kappa shape index (κ1) is 17.0. The number of nitrogens with zero attached hydrogens (tertiary/aromatic N) is 3. The molecule has 0 heterocycles. The van der Waals surface area contributed by atoms with Crippen LogP contribution in [0.1, 0.15) is 5.56 Å². The highest BCUT2D eigenvalue weighted by molar-refractivity contribution is 6.31. The monoisotopic (exact) mass is 333 g/mol. The van der Waals surface area contributed by atoms with Gasteiger partial charge >= 0.3 is 0 Å². The highest BCUT2D eigenvalue weighted by Crippen LogP contribution is 2.31. The number of carbonyl (C=O) groups is 1. The second-order valence-electron chi connectivity index (χ2n) is 5.05. The van der Waals surface area contributed by atoms with Crippen LogP contribution in [-0.4, -0.2) is 38.3 Å². The molecule has 0 saturated heterocycles. The summed E-state index contributed by atoms with van der Waals surface area (Å²) in [5.74, 6) is 0.334. The zero-order valence-electron chi connectivity index (χ0n) is 13.1. The van der Waals surface area contributed by atoms with E-state index in [1.165, 1.54) is 29.2 Å². The van der Waals surface area contributed by atoms with Gasteiger partial charge in [0.25, 0.3) is 0 Å². The average Bonchev–Trinajstić information content (AvgIpc) is 2.52. The number of hydrogen-bond acceptors (Lipinski definition) is 2. The molecular weight excluding hydrogens is 317 g/mol. The molecule has 0 atom stereocenters. The Morgan fingerprint density at radius 3 is 2.35 bits per heavy atom. The van der Waals surface area contributed by atoms with E-state index in [-0.39, 0.29) is 5.82 Å². The molecular formula is C17H17ClFN3O. The zero-order valence-corrected chi connectivity index (χ0v) is 13.9. The van der Waals surface area contributed by atoms with Crippen LogP contribution < -0.4 is 4.90 Å². The molecule has 2 aromatic rings. The molecule has 0 aliphatic heterocycles. The molecule has 0 aliphatic carbocycles. The first-order chi connectivity index (χ1) is 11.0. The lowest BCUT2D eigenvalue weighted by Crippen LogP contribution is -2.26. The van der Waals surface area contributed by atoms with Gasteiger partial charge in [0.1, 0.15) is 11.7 Å². The largest absolute Gasteiger partial charge is 0.362 e. The molecule has 0 bridgehead atoms. The van der Waals surface area contributed by atoms with Crippen molar-refractivity contribution in [3.8, 4) is 0 Å². The van der Waals surface area contributed by atoms with Gasteiger partial charge in [0, 0.05) is 37.4 Å². The number of carbonyl (C=O) groups excluding carboxylic acids is 1. The Balaban J connectivity index is 2.61. The third-order valence-electron chi connectivity index (χ3n) is 3.31. The van der Waals surface area contributed by atoms with Crippen LogP contribution in [0.3, 0.4) is 0 Å². The number of rotatable bonds is 4. The summed E-state index contributed by atoms with van der Waals surface area (Å²) in [5.41, 5.74) is 1.87. The molecule has 0 aliphatic rings. The van der Waals surface area contributed by atoms with Gasteiger partial charge in [0.15, 0.2) is 0 Å². The first-order valence-corrected chi connectivity index (χ1v) is 7.30. The first-order valence-electron chi connectivity index (χ1n) is 6.92. The molecule has 0 N–H and O–H groups in total. The standard InChI is InChI=1S/C17H17ClFN3O/c1-20-17(21(2)3)15-9-4-12(18)10-16(15)22(11-23)14-7-5-13(19)6-8-14/h4-11H,1-3H3/b20-17+. The van der Waals surface area contributed by atoms with Crippen molar-refractivity contribution in [3.63, 3.8) is 0 Å². The Bertz CT molecular complexity index is 729. The second-order valence-corrected chi connectivity index (χ2v) is 5.49. The molecule has 120 valence electrons. The van der Waals surface area contributed by atoms with Crippen LogP contribution in [0.25, 0.3) is 0 Å². The van der Waals surface area contributed by atoms with Crippen molar-refractivity contribution in [2.45, 2.75) is 0 Å². The second kappa shape index (κ2) is 7.24. The minimum atomic E-state index is -0.366. The van der Waals surface area contributed by atoms with Crippen molar-refractivity contribution in [3.05, 3.63) is 58.9 Å². The fraction of sp³-hybridized carbons (Fsp3) is 0.176. The minimum Gasteiger partial charge on any atom is -0.362 e. The van der Waals surface area contributed by atoms with E-state index in [2.05, 4.69) is 4.99 Å². The summed E-state index contributed by atoms with van der Waals surface area (Å²) >= 11 is 6.10. The smallest absolute Gasteiger partial charge is 0.218 e. The van der Waals surface area contributed by atoms with E-state index in [9.17, 15) is 9.18 Å². The van der Waals surface area contributed by atoms with Gasteiger partial charge in [-0.3, -0.25) is 14.7 Å². The van der Waals surface area contributed by atoms with Crippen LogP contribution >= 0.6 is 11.6 Å². The Morgan fingerprint density at radius 2 is 1.83 bits per heavy atom. The molecule has 0 aromatic heterocycles. The van der Waals surface area contributed by atoms with Crippen LogP contribution in [0.15, 0.2) is 47.5 Å². The summed E-state index contributed by atoms with van der Waals surface area (Å²) in [6, 6.07) is 10.9. The van der Waals surface area contributed by atoms with Crippen molar-refractivity contribution < 1.29 is 9.18 Å². The molecule has 4 nitrogen and oxygen atoms in total. The fourth-order valence-corrected chi connectivity index (χ4v) is 2.48. The molecule has 2 rings (SSSR count). The summed E-state index contributed by atoms with van der Waals surface area (Å²) < 4.78 is 13.1. The quantitative estimate of drug-likeness (QED) is 0.486. The summed E-state index contributed by atoms with van der Waals surface area (Å²) in [6.45, 7) is 0. The third-order valence-corrected chi connectivity index (χ3v) is 3.54. The molecule has 0 spiro atoms. The van der Waals surface area contributed by atoms with Gasteiger partial charge in [-0.15, -0.1) is 0 Å². The average molecular weight is 334 g/mol. The summed E-state index contributed by atoms with van der Waals surface area (Å²) in [7, 11) is 5.41. The van der Waals surface area contributed by atoms with Gasteiger partial charge in [0.05, 0.1) is 5.69 Å². The molecule has 1 amide bonds. The molecule has 6 heteroatoms. The molecule has 23 heavy (non-hydrogen) atoms. The maximum Gasteiger partial charge on any atom is 0.218 e. The van der Waals surface area contributed by atoms with Crippen molar-refractivity contribution in [1.82, 2.24) is 4.90 Å². The van der Waals surface area contributed by atoms with E-state index in [0.717, 1.165) is 5.56 Å². The van der Waals surface area contributed by atoms with E-state index in [1.807, 2.05) is 19.0 Å². The number of aliphatic imine (C=N–C) groups is 1. The van der Waals surface area contributed by atoms with Crippen molar-refractivity contribution in [1.29, 1.82) is 0 Å². The molecule has 0 saturated carbocycles. The summed E-state index contributed by atoms with van der Waals surface area (Å²) in [5, 5.41) is 0.493. The molecule has 2 aromatic carbocycles.